The zero-order valence-corrected chi connectivity index (χ0v) is 11.8. The molecule has 0 aliphatic heterocycles. The highest BCUT2D eigenvalue weighted by Gasteiger charge is 2.15. The quantitative estimate of drug-likeness (QED) is 0.624. The van der Waals surface area contributed by atoms with Crippen LogP contribution in [0.4, 0.5) is 11.4 Å². The molecule has 0 saturated carbocycles. The molecule has 21 heavy (non-hydrogen) atoms. The standard InChI is InChI=1S/C15H17N3O3/c1-2-8-21-15-9-13(5-6-14(15)18(19)20)17-11-12-4-3-7-16-10-12/h3-7,9-10,17H,2,8,11H2,1H3. The lowest BCUT2D eigenvalue weighted by molar-refractivity contribution is -0.385. The van der Waals surface area contributed by atoms with E-state index in [9.17, 15) is 10.1 Å². The van der Waals surface area contributed by atoms with E-state index in [-0.39, 0.29) is 11.4 Å². The lowest BCUT2D eigenvalue weighted by Gasteiger charge is -2.10. The molecule has 0 unspecified atom stereocenters. The van der Waals surface area contributed by atoms with Gasteiger partial charge in [-0.15, -0.1) is 0 Å². The highest BCUT2D eigenvalue weighted by Crippen LogP contribution is 2.30. The Morgan fingerprint density at radius 1 is 1.38 bits per heavy atom. The minimum absolute atomic E-state index is 0.0182. The van der Waals surface area contributed by atoms with Gasteiger partial charge >= 0.3 is 5.69 Å². The van der Waals surface area contributed by atoms with Gasteiger partial charge in [-0.1, -0.05) is 13.0 Å². The molecule has 0 saturated heterocycles. The first kappa shape index (κ1) is 14.8. The third kappa shape index (κ3) is 4.17. The van der Waals surface area contributed by atoms with Gasteiger partial charge < -0.3 is 10.1 Å². The van der Waals surface area contributed by atoms with Crippen molar-refractivity contribution >= 4 is 11.4 Å². The number of nitro benzene ring substituents is 1. The SMILES string of the molecule is CCCOc1cc(NCc2cccnc2)ccc1[N+](=O)[O-]. The molecule has 0 amide bonds. The summed E-state index contributed by atoms with van der Waals surface area (Å²) in [4.78, 5) is 14.6. The molecule has 6 heteroatoms. The van der Waals surface area contributed by atoms with Gasteiger partial charge in [0, 0.05) is 36.8 Å². The van der Waals surface area contributed by atoms with E-state index in [1.807, 2.05) is 19.1 Å². The molecule has 6 nitrogen and oxygen atoms in total. The largest absolute Gasteiger partial charge is 0.487 e. The van der Waals surface area contributed by atoms with Crippen LogP contribution in [0.25, 0.3) is 0 Å². The van der Waals surface area contributed by atoms with Crippen LogP contribution in [-0.2, 0) is 6.54 Å². The number of nitrogens with zero attached hydrogens (tertiary/aromatic N) is 2. The van der Waals surface area contributed by atoms with E-state index in [0.717, 1.165) is 17.7 Å². The molecular formula is C15H17N3O3. The number of pyridine rings is 1. The van der Waals surface area contributed by atoms with E-state index in [2.05, 4.69) is 10.3 Å². The molecule has 0 aliphatic rings. The average molecular weight is 287 g/mol. The number of nitro groups is 1. The maximum absolute atomic E-state index is 11.0. The van der Waals surface area contributed by atoms with Crippen LogP contribution in [0, 0.1) is 10.1 Å². The summed E-state index contributed by atoms with van der Waals surface area (Å²) in [5, 5.41) is 14.2. The van der Waals surface area contributed by atoms with Gasteiger partial charge in [0.25, 0.3) is 0 Å². The molecule has 0 radical (unpaired) electrons. The highest BCUT2D eigenvalue weighted by molar-refractivity contribution is 5.58. The van der Waals surface area contributed by atoms with Crippen LogP contribution in [-0.4, -0.2) is 16.5 Å². The molecule has 1 aromatic carbocycles. The van der Waals surface area contributed by atoms with Crippen LogP contribution >= 0.6 is 0 Å². The van der Waals surface area contributed by atoms with Crippen LogP contribution in [0.15, 0.2) is 42.7 Å². The van der Waals surface area contributed by atoms with Gasteiger partial charge in [-0.3, -0.25) is 15.1 Å². The fourth-order valence-corrected chi connectivity index (χ4v) is 1.81. The van der Waals surface area contributed by atoms with Crippen LogP contribution in [0.3, 0.4) is 0 Å². The Morgan fingerprint density at radius 3 is 2.90 bits per heavy atom. The zero-order valence-electron chi connectivity index (χ0n) is 11.8. The smallest absolute Gasteiger partial charge is 0.311 e. The Balaban J connectivity index is 2.11. The van der Waals surface area contributed by atoms with Crippen LogP contribution < -0.4 is 10.1 Å². The molecule has 0 aliphatic carbocycles. The third-order valence-electron chi connectivity index (χ3n) is 2.84. The van der Waals surface area contributed by atoms with E-state index >= 15 is 0 Å². The Bertz CT molecular complexity index is 602. The first-order valence-electron chi connectivity index (χ1n) is 6.74. The molecule has 0 fully saturated rings. The van der Waals surface area contributed by atoms with E-state index in [4.69, 9.17) is 4.74 Å². The highest BCUT2D eigenvalue weighted by atomic mass is 16.6. The van der Waals surface area contributed by atoms with Crippen molar-refractivity contribution in [3.63, 3.8) is 0 Å². The second kappa shape index (κ2) is 7.23. The monoisotopic (exact) mass is 287 g/mol. The van der Waals surface area contributed by atoms with E-state index in [1.165, 1.54) is 6.07 Å². The molecule has 0 atom stereocenters. The Hall–Kier alpha value is -2.63. The minimum Gasteiger partial charge on any atom is -0.487 e. The molecule has 1 aromatic heterocycles. The first-order chi connectivity index (χ1) is 10.2. The fourth-order valence-electron chi connectivity index (χ4n) is 1.81. The summed E-state index contributed by atoms with van der Waals surface area (Å²) < 4.78 is 5.45. The number of benzene rings is 1. The molecule has 110 valence electrons. The number of hydrogen-bond donors (Lipinski definition) is 1. The molecule has 1 N–H and O–H groups in total. The summed E-state index contributed by atoms with van der Waals surface area (Å²) in [6.07, 6.45) is 4.28. The fraction of sp³-hybridized carbons (Fsp3) is 0.267. The van der Waals surface area contributed by atoms with Crippen molar-refractivity contribution in [2.75, 3.05) is 11.9 Å². The summed E-state index contributed by atoms with van der Waals surface area (Å²) in [6.45, 7) is 3.00. The molecule has 2 aromatic rings. The number of rotatable bonds is 7. The van der Waals surface area contributed by atoms with Crippen molar-refractivity contribution < 1.29 is 9.66 Å². The first-order valence-corrected chi connectivity index (χ1v) is 6.74. The normalized spacial score (nSPS) is 10.1. The summed E-state index contributed by atoms with van der Waals surface area (Å²) >= 11 is 0. The van der Waals surface area contributed by atoms with Crippen LogP contribution in [0.1, 0.15) is 18.9 Å². The third-order valence-corrected chi connectivity index (χ3v) is 2.84. The predicted molar refractivity (Wildman–Crippen MR) is 80.4 cm³/mol. The molecule has 1 heterocycles. The van der Waals surface area contributed by atoms with E-state index < -0.39 is 4.92 Å². The van der Waals surface area contributed by atoms with Gasteiger partial charge in [0.1, 0.15) is 0 Å². The van der Waals surface area contributed by atoms with Crippen molar-refractivity contribution in [2.45, 2.75) is 19.9 Å². The minimum atomic E-state index is -0.435. The van der Waals surface area contributed by atoms with Gasteiger partial charge in [0.05, 0.1) is 11.5 Å². The summed E-state index contributed by atoms with van der Waals surface area (Å²) in [7, 11) is 0. The van der Waals surface area contributed by atoms with Crippen molar-refractivity contribution in [3.05, 3.63) is 58.4 Å². The molecule has 2 rings (SSSR count). The Morgan fingerprint density at radius 2 is 2.24 bits per heavy atom. The van der Waals surface area contributed by atoms with E-state index in [1.54, 1.807) is 24.5 Å². The van der Waals surface area contributed by atoms with Crippen molar-refractivity contribution in [1.29, 1.82) is 0 Å². The Kier molecular flexibility index (Phi) is 5.09. The second-order valence-corrected chi connectivity index (χ2v) is 4.50. The summed E-state index contributed by atoms with van der Waals surface area (Å²) in [6, 6.07) is 8.61. The maximum atomic E-state index is 11.0. The van der Waals surface area contributed by atoms with E-state index in [0.29, 0.717) is 13.2 Å². The van der Waals surface area contributed by atoms with Gasteiger partial charge in [0.15, 0.2) is 5.75 Å². The number of nitrogens with one attached hydrogen (secondary N) is 1. The lowest BCUT2D eigenvalue weighted by atomic mass is 10.2. The van der Waals surface area contributed by atoms with Gasteiger partial charge in [-0.2, -0.15) is 0 Å². The van der Waals surface area contributed by atoms with Gasteiger partial charge in [-0.05, 0) is 24.1 Å². The number of anilines is 1. The molecule has 0 spiro atoms. The number of ether oxygens (including phenoxy) is 1. The Labute approximate surface area is 122 Å². The zero-order chi connectivity index (χ0) is 15.1. The van der Waals surface area contributed by atoms with Crippen LogP contribution in [0.2, 0.25) is 0 Å². The number of aromatic nitrogens is 1. The predicted octanol–water partition coefficient (Wildman–Crippen LogP) is 3.39. The number of hydrogen-bond acceptors (Lipinski definition) is 5. The lowest BCUT2D eigenvalue weighted by Crippen LogP contribution is -2.03. The maximum Gasteiger partial charge on any atom is 0.311 e. The second-order valence-electron chi connectivity index (χ2n) is 4.50. The topological polar surface area (TPSA) is 77.3 Å². The molecule has 0 bridgehead atoms. The van der Waals surface area contributed by atoms with Gasteiger partial charge in [0.2, 0.25) is 0 Å². The summed E-state index contributed by atoms with van der Waals surface area (Å²) in [5.41, 5.74) is 1.79. The average Bonchev–Trinajstić information content (AvgIpc) is 2.51. The van der Waals surface area contributed by atoms with Crippen molar-refractivity contribution in [1.82, 2.24) is 4.98 Å². The van der Waals surface area contributed by atoms with Crippen LogP contribution in [0.5, 0.6) is 5.75 Å². The summed E-state index contributed by atoms with van der Waals surface area (Å²) in [5.74, 6) is 0.290. The van der Waals surface area contributed by atoms with Gasteiger partial charge in [-0.25, -0.2) is 0 Å². The van der Waals surface area contributed by atoms with Crippen molar-refractivity contribution in [3.8, 4) is 5.75 Å². The molecular weight excluding hydrogens is 270 g/mol. The van der Waals surface area contributed by atoms with Crippen molar-refractivity contribution in [2.24, 2.45) is 0 Å².